The van der Waals surface area contributed by atoms with Crippen LogP contribution in [0.5, 0.6) is 0 Å². The molecule has 2 aliphatic rings. The van der Waals surface area contributed by atoms with Crippen molar-refractivity contribution in [2.75, 3.05) is 18.1 Å². The fourth-order valence-corrected chi connectivity index (χ4v) is 4.23. The molecule has 1 N–H and O–H groups in total. The number of nitrogens with zero attached hydrogens (tertiary/aromatic N) is 2. The molecule has 0 amide bonds. The summed E-state index contributed by atoms with van der Waals surface area (Å²) in [6.07, 6.45) is 8.01. The summed E-state index contributed by atoms with van der Waals surface area (Å²) in [7, 11) is 0. The maximum atomic E-state index is 9.38. The topological polar surface area (TPSA) is 38.1 Å². The molecule has 1 saturated heterocycles. The van der Waals surface area contributed by atoms with Gasteiger partial charge in [0, 0.05) is 12.6 Å². The van der Waals surface area contributed by atoms with E-state index >= 15 is 0 Å². The molecule has 0 saturated carbocycles. The van der Waals surface area contributed by atoms with Gasteiger partial charge in [-0.05, 0) is 43.1 Å². The van der Waals surface area contributed by atoms with Crippen molar-refractivity contribution >= 4 is 11.8 Å². The van der Waals surface area contributed by atoms with E-state index in [9.17, 15) is 5.11 Å². The maximum Gasteiger partial charge on any atom is 0.109 e. The second-order valence-electron chi connectivity index (χ2n) is 5.22. The number of fused-ring (bicyclic) bond motifs is 1. The molecule has 17 heavy (non-hydrogen) atoms. The number of rotatable bonds is 3. The average molecular weight is 252 g/mol. The predicted molar refractivity (Wildman–Crippen MR) is 70.4 cm³/mol. The molecule has 94 valence electrons. The van der Waals surface area contributed by atoms with Crippen LogP contribution in [0.15, 0.2) is 6.20 Å². The molecule has 2 aliphatic heterocycles. The summed E-state index contributed by atoms with van der Waals surface area (Å²) in [5.74, 6) is 4.63. The summed E-state index contributed by atoms with van der Waals surface area (Å²) in [5.41, 5.74) is 1.24. The van der Waals surface area contributed by atoms with Crippen molar-refractivity contribution in [2.45, 2.75) is 38.1 Å². The van der Waals surface area contributed by atoms with Crippen LogP contribution >= 0.6 is 11.8 Å². The Bertz CT molecular complexity index is 385. The highest BCUT2D eigenvalue weighted by Gasteiger charge is 2.23. The van der Waals surface area contributed by atoms with Crippen LogP contribution in [0.2, 0.25) is 0 Å². The normalized spacial score (nSPS) is 28.3. The number of aliphatic hydroxyl groups is 1. The summed E-state index contributed by atoms with van der Waals surface area (Å²) >= 11 is 2.07. The molecule has 4 heteroatoms. The molecule has 2 atom stereocenters. The van der Waals surface area contributed by atoms with E-state index in [0.717, 1.165) is 25.2 Å². The van der Waals surface area contributed by atoms with Crippen LogP contribution < -0.4 is 0 Å². The van der Waals surface area contributed by atoms with Gasteiger partial charge in [-0.1, -0.05) is 0 Å². The third-order valence-corrected chi connectivity index (χ3v) is 5.15. The zero-order valence-electron chi connectivity index (χ0n) is 10.1. The molecular weight excluding hydrogens is 232 g/mol. The third kappa shape index (κ3) is 2.38. The van der Waals surface area contributed by atoms with Crippen molar-refractivity contribution in [3.8, 4) is 0 Å². The number of aliphatic hydroxyl groups excluding tert-OH is 1. The summed E-state index contributed by atoms with van der Waals surface area (Å²) < 4.78 is 2.22. The first-order chi connectivity index (χ1) is 8.36. The Morgan fingerprint density at radius 2 is 2.41 bits per heavy atom. The SMILES string of the molecule is OCC1CCCc2nc(CC3CCSC3)cn21. The Balaban J connectivity index is 1.75. The molecule has 0 aromatic carbocycles. The van der Waals surface area contributed by atoms with Crippen LogP contribution in [-0.4, -0.2) is 32.8 Å². The molecule has 3 heterocycles. The molecule has 1 aromatic heterocycles. The van der Waals surface area contributed by atoms with E-state index in [4.69, 9.17) is 4.98 Å². The van der Waals surface area contributed by atoms with Gasteiger partial charge in [0.05, 0.1) is 18.3 Å². The van der Waals surface area contributed by atoms with Gasteiger partial charge in [-0.25, -0.2) is 4.98 Å². The van der Waals surface area contributed by atoms with Gasteiger partial charge in [0.2, 0.25) is 0 Å². The Morgan fingerprint density at radius 3 is 3.18 bits per heavy atom. The molecule has 0 spiro atoms. The Hall–Kier alpha value is -0.480. The maximum absolute atomic E-state index is 9.38. The average Bonchev–Trinajstić information content (AvgIpc) is 2.97. The molecule has 0 aliphatic carbocycles. The van der Waals surface area contributed by atoms with E-state index in [1.54, 1.807) is 0 Å². The van der Waals surface area contributed by atoms with Gasteiger partial charge >= 0.3 is 0 Å². The van der Waals surface area contributed by atoms with E-state index in [0.29, 0.717) is 0 Å². The zero-order chi connectivity index (χ0) is 11.7. The van der Waals surface area contributed by atoms with Crippen LogP contribution in [0.3, 0.4) is 0 Å². The standard InChI is InChI=1S/C13H20N2OS/c16-8-12-2-1-3-13-14-11(7-15(12)13)6-10-4-5-17-9-10/h7,10,12,16H,1-6,8-9H2. The lowest BCUT2D eigenvalue weighted by Crippen LogP contribution is -2.20. The molecule has 1 fully saturated rings. The molecule has 1 aromatic rings. The van der Waals surface area contributed by atoms with Gasteiger partial charge in [0.15, 0.2) is 0 Å². The van der Waals surface area contributed by atoms with Crippen molar-refractivity contribution < 1.29 is 5.11 Å². The Labute approximate surface area is 107 Å². The smallest absolute Gasteiger partial charge is 0.109 e. The van der Waals surface area contributed by atoms with E-state index in [2.05, 4.69) is 22.5 Å². The molecule has 3 nitrogen and oxygen atoms in total. The van der Waals surface area contributed by atoms with Crippen LogP contribution in [0.25, 0.3) is 0 Å². The third-order valence-electron chi connectivity index (χ3n) is 3.92. The first kappa shape index (κ1) is 11.6. The summed E-state index contributed by atoms with van der Waals surface area (Å²) in [6.45, 7) is 0.252. The van der Waals surface area contributed by atoms with Crippen molar-refractivity contribution in [3.63, 3.8) is 0 Å². The first-order valence-electron chi connectivity index (χ1n) is 6.62. The molecule has 2 unspecified atom stereocenters. The number of hydrogen-bond acceptors (Lipinski definition) is 3. The summed E-state index contributed by atoms with van der Waals surface area (Å²) in [5, 5.41) is 9.38. The quantitative estimate of drug-likeness (QED) is 0.894. The minimum Gasteiger partial charge on any atom is -0.394 e. The number of hydrogen-bond donors (Lipinski definition) is 1. The summed E-state index contributed by atoms with van der Waals surface area (Å²) in [4.78, 5) is 4.76. The fourth-order valence-electron chi connectivity index (χ4n) is 2.94. The molecule has 0 bridgehead atoms. The van der Waals surface area contributed by atoms with Gasteiger partial charge in [0.25, 0.3) is 0 Å². The van der Waals surface area contributed by atoms with Crippen molar-refractivity contribution in [2.24, 2.45) is 5.92 Å². The lowest BCUT2D eigenvalue weighted by Gasteiger charge is -2.22. The predicted octanol–water partition coefficient (Wildman–Crippen LogP) is 2.05. The van der Waals surface area contributed by atoms with Crippen molar-refractivity contribution in [1.29, 1.82) is 0 Å². The van der Waals surface area contributed by atoms with Crippen LogP contribution in [0, 0.1) is 5.92 Å². The molecule has 3 rings (SSSR count). The van der Waals surface area contributed by atoms with Crippen molar-refractivity contribution in [1.82, 2.24) is 9.55 Å². The lowest BCUT2D eigenvalue weighted by atomic mass is 10.0. The number of imidazole rings is 1. The van der Waals surface area contributed by atoms with Crippen molar-refractivity contribution in [3.05, 3.63) is 17.7 Å². The van der Waals surface area contributed by atoms with E-state index < -0.39 is 0 Å². The first-order valence-corrected chi connectivity index (χ1v) is 7.77. The van der Waals surface area contributed by atoms with Gasteiger partial charge in [-0.15, -0.1) is 0 Å². The highest BCUT2D eigenvalue weighted by Crippen LogP contribution is 2.29. The lowest BCUT2D eigenvalue weighted by molar-refractivity contribution is 0.206. The highest BCUT2D eigenvalue weighted by atomic mass is 32.2. The van der Waals surface area contributed by atoms with E-state index in [1.807, 2.05) is 0 Å². The van der Waals surface area contributed by atoms with Gasteiger partial charge in [0.1, 0.15) is 5.82 Å². The minimum absolute atomic E-state index is 0.252. The largest absolute Gasteiger partial charge is 0.394 e. The van der Waals surface area contributed by atoms with Gasteiger partial charge in [-0.2, -0.15) is 11.8 Å². The van der Waals surface area contributed by atoms with E-state index in [-0.39, 0.29) is 12.6 Å². The molecule has 0 radical (unpaired) electrons. The molecular formula is C13H20N2OS. The van der Waals surface area contributed by atoms with Gasteiger partial charge in [-0.3, -0.25) is 0 Å². The fraction of sp³-hybridized carbons (Fsp3) is 0.769. The number of aromatic nitrogens is 2. The van der Waals surface area contributed by atoms with Gasteiger partial charge < -0.3 is 9.67 Å². The number of thioether (sulfide) groups is 1. The Kier molecular flexibility index (Phi) is 3.43. The second kappa shape index (κ2) is 5.02. The van der Waals surface area contributed by atoms with E-state index in [1.165, 1.54) is 35.9 Å². The van der Waals surface area contributed by atoms with Crippen LogP contribution in [-0.2, 0) is 12.8 Å². The summed E-state index contributed by atoms with van der Waals surface area (Å²) in [6, 6.07) is 0.276. The number of aryl methyl sites for hydroxylation is 1. The van der Waals surface area contributed by atoms with Crippen LogP contribution in [0.4, 0.5) is 0 Å². The minimum atomic E-state index is 0.252. The zero-order valence-corrected chi connectivity index (χ0v) is 11.0. The second-order valence-corrected chi connectivity index (χ2v) is 6.37. The monoisotopic (exact) mass is 252 g/mol. The Morgan fingerprint density at radius 1 is 1.47 bits per heavy atom. The highest BCUT2D eigenvalue weighted by molar-refractivity contribution is 7.99. The van der Waals surface area contributed by atoms with Crippen LogP contribution in [0.1, 0.15) is 36.8 Å².